The van der Waals surface area contributed by atoms with Gasteiger partial charge in [0, 0.05) is 17.4 Å². The Morgan fingerprint density at radius 2 is 2.15 bits per heavy atom. The molecule has 2 aliphatic carbocycles. The first kappa shape index (κ1) is 12.6. The molecule has 3 aliphatic rings. The highest BCUT2D eigenvalue weighted by molar-refractivity contribution is 5.55. The number of piperidine rings is 1. The van der Waals surface area contributed by atoms with Gasteiger partial charge >= 0.3 is 0 Å². The minimum absolute atomic E-state index is 0.279. The Labute approximate surface area is 121 Å². The lowest BCUT2D eigenvalue weighted by Gasteiger charge is -2.59. The number of rotatable bonds is 1. The average Bonchev–Trinajstić information content (AvgIpc) is 2.50. The molecule has 0 spiro atoms. The Morgan fingerprint density at radius 1 is 1.30 bits per heavy atom. The van der Waals surface area contributed by atoms with Crippen LogP contribution < -0.4 is 0 Å². The monoisotopic (exact) mass is 269 g/mol. The van der Waals surface area contributed by atoms with Gasteiger partial charge in [0.05, 0.1) is 0 Å². The largest absolute Gasteiger partial charge is 0.303 e. The maximum absolute atomic E-state index is 11.4. The molecule has 106 valence electrons. The number of nitrogens with zero attached hydrogens (tertiary/aromatic N) is 1. The zero-order chi connectivity index (χ0) is 13.7. The van der Waals surface area contributed by atoms with Crippen LogP contribution in [-0.4, -0.2) is 30.8 Å². The molecule has 0 radical (unpaired) electrons. The van der Waals surface area contributed by atoms with Gasteiger partial charge in [-0.15, -0.1) is 0 Å². The first-order valence-electron chi connectivity index (χ1n) is 7.98. The number of fused-ring (bicyclic) bond motifs is 1. The van der Waals surface area contributed by atoms with Gasteiger partial charge in [0.25, 0.3) is 0 Å². The minimum atomic E-state index is 0.279. The van der Waals surface area contributed by atoms with Gasteiger partial charge in [-0.1, -0.05) is 24.3 Å². The summed E-state index contributed by atoms with van der Waals surface area (Å²) in [5.41, 5.74) is 3.39. The summed E-state index contributed by atoms with van der Waals surface area (Å²) in [4.78, 5) is 13.9. The quantitative estimate of drug-likeness (QED) is 0.731. The number of hydrogen-bond donors (Lipinski definition) is 0. The number of likely N-dealkylation sites (N-methyl/N-ethyl adjacent to an activating group) is 1. The van der Waals surface area contributed by atoms with Crippen LogP contribution in [0.1, 0.15) is 36.8 Å². The van der Waals surface area contributed by atoms with Gasteiger partial charge in [-0.25, -0.2) is 0 Å². The summed E-state index contributed by atoms with van der Waals surface area (Å²) in [6.07, 6.45) is 7.06. The number of carbonyl (C=O) groups is 1. The van der Waals surface area contributed by atoms with E-state index >= 15 is 0 Å². The van der Waals surface area contributed by atoms with Crippen LogP contribution in [0.2, 0.25) is 0 Å². The second-order valence-corrected chi connectivity index (χ2v) is 7.10. The van der Waals surface area contributed by atoms with E-state index in [2.05, 4.69) is 36.2 Å². The Hall–Kier alpha value is -1.15. The molecule has 1 aliphatic heterocycles. The lowest BCUT2D eigenvalue weighted by molar-refractivity contribution is -0.114. The van der Waals surface area contributed by atoms with Crippen molar-refractivity contribution >= 4 is 6.29 Å². The van der Waals surface area contributed by atoms with E-state index in [0.29, 0.717) is 6.04 Å². The molecule has 20 heavy (non-hydrogen) atoms. The van der Waals surface area contributed by atoms with Crippen LogP contribution >= 0.6 is 0 Å². The molecular weight excluding hydrogens is 246 g/mol. The highest BCUT2D eigenvalue weighted by Gasteiger charge is 2.54. The third-order valence-electron chi connectivity index (χ3n) is 6.30. The maximum atomic E-state index is 11.4. The zero-order valence-corrected chi connectivity index (χ0v) is 12.2. The summed E-state index contributed by atoms with van der Waals surface area (Å²) >= 11 is 0. The first-order valence-corrected chi connectivity index (χ1v) is 7.98. The van der Waals surface area contributed by atoms with Crippen molar-refractivity contribution in [1.82, 2.24) is 4.90 Å². The molecule has 0 amide bonds. The number of hydrogen-bond acceptors (Lipinski definition) is 2. The fourth-order valence-electron chi connectivity index (χ4n) is 5.36. The van der Waals surface area contributed by atoms with Gasteiger partial charge in [0.1, 0.15) is 6.29 Å². The molecule has 0 aromatic heterocycles. The van der Waals surface area contributed by atoms with Crippen molar-refractivity contribution in [3.63, 3.8) is 0 Å². The van der Waals surface area contributed by atoms with Gasteiger partial charge in [0.15, 0.2) is 0 Å². The second-order valence-electron chi connectivity index (χ2n) is 7.10. The Bertz CT molecular complexity index is 540. The van der Waals surface area contributed by atoms with Crippen LogP contribution in [0.4, 0.5) is 0 Å². The van der Waals surface area contributed by atoms with Crippen molar-refractivity contribution in [1.29, 1.82) is 0 Å². The zero-order valence-electron chi connectivity index (χ0n) is 12.2. The number of benzene rings is 1. The molecule has 4 atom stereocenters. The second kappa shape index (κ2) is 4.42. The molecule has 1 saturated heterocycles. The summed E-state index contributed by atoms with van der Waals surface area (Å²) < 4.78 is 0. The Balaban J connectivity index is 1.86. The molecule has 0 N–H and O–H groups in total. The third-order valence-corrected chi connectivity index (χ3v) is 6.30. The lowest BCUT2D eigenvalue weighted by atomic mass is 9.51. The van der Waals surface area contributed by atoms with Crippen molar-refractivity contribution in [2.75, 3.05) is 13.6 Å². The molecule has 2 heteroatoms. The van der Waals surface area contributed by atoms with Crippen LogP contribution in [0.5, 0.6) is 0 Å². The van der Waals surface area contributed by atoms with E-state index < -0.39 is 0 Å². The highest BCUT2D eigenvalue weighted by Crippen LogP contribution is 2.56. The average molecular weight is 269 g/mol. The van der Waals surface area contributed by atoms with Crippen molar-refractivity contribution in [2.24, 2.45) is 11.8 Å². The summed E-state index contributed by atoms with van der Waals surface area (Å²) in [5, 5.41) is 0. The lowest BCUT2D eigenvalue weighted by Crippen LogP contribution is -2.60. The smallest absolute Gasteiger partial charge is 0.123 e. The summed E-state index contributed by atoms with van der Waals surface area (Å²) in [6, 6.07) is 9.70. The van der Waals surface area contributed by atoms with Crippen LogP contribution in [0.25, 0.3) is 0 Å². The van der Waals surface area contributed by atoms with Crippen molar-refractivity contribution in [2.45, 2.75) is 43.6 Å². The predicted octanol–water partition coefficient (Wildman–Crippen LogP) is 2.80. The first-order chi connectivity index (χ1) is 9.74. The van der Waals surface area contributed by atoms with Gasteiger partial charge in [0.2, 0.25) is 0 Å². The number of aldehydes is 1. The van der Waals surface area contributed by atoms with E-state index in [1.807, 2.05) is 0 Å². The van der Waals surface area contributed by atoms with E-state index in [1.54, 1.807) is 5.56 Å². The standard InChI is InChI=1S/C18H23NO/c1-19-9-8-18-11-13(12-20)6-7-16(18)17(19)10-14-4-2-3-5-15(14)18/h2-5,12-13,16-17H,6-11H2,1H3/t13?,16-,17+,18+/m0/s1. The molecule has 1 saturated carbocycles. The third kappa shape index (κ3) is 1.57. The molecular formula is C18H23NO. The van der Waals surface area contributed by atoms with E-state index in [4.69, 9.17) is 0 Å². The van der Waals surface area contributed by atoms with Gasteiger partial charge < -0.3 is 9.69 Å². The SMILES string of the molecule is CN1CC[C@]23CC(C=O)CC[C@H]2[C@H]1Cc1ccccc13. The molecule has 2 bridgehead atoms. The van der Waals surface area contributed by atoms with Crippen LogP contribution in [0, 0.1) is 11.8 Å². The maximum Gasteiger partial charge on any atom is 0.123 e. The molecule has 1 unspecified atom stereocenters. The number of carbonyl (C=O) groups excluding carboxylic acids is 1. The molecule has 1 heterocycles. The van der Waals surface area contributed by atoms with Gasteiger partial charge in [-0.2, -0.15) is 0 Å². The van der Waals surface area contributed by atoms with E-state index in [0.717, 1.165) is 18.8 Å². The molecule has 1 aromatic rings. The van der Waals surface area contributed by atoms with Gasteiger partial charge in [-0.05, 0) is 62.7 Å². The summed E-state index contributed by atoms with van der Waals surface area (Å²) in [5.74, 6) is 1.04. The number of likely N-dealkylation sites (tertiary alicyclic amines) is 1. The minimum Gasteiger partial charge on any atom is -0.303 e. The Morgan fingerprint density at radius 3 is 3.00 bits per heavy atom. The molecule has 2 nitrogen and oxygen atoms in total. The van der Waals surface area contributed by atoms with E-state index in [1.165, 1.54) is 37.7 Å². The normalized spacial score (nSPS) is 39.8. The summed E-state index contributed by atoms with van der Waals surface area (Å²) in [6.45, 7) is 1.18. The van der Waals surface area contributed by atoms with E-state index in [-0.39, 0.29) is 11.3 Å². The van der Waals surface area contributed by atoms with Crippen LogP contribution in [-0.2, 0) is 16.6 Å². The Kier molecular flexibility index (Phi) is 2.78. The van der Waals surface area contributed by atoms with Crippen molar-refractivity contribution in [3.05, 3.63) is 35.4 Å². The predicted molar refractivity (Wildman–Crippen MR) is 79.8 cm³/mol. The van der Waals surface area contributed by atoms with Crippen molar-refractivity contribution < 1.29 is 4.79 Å². The summed E-state index contributed by atoms with van der Waals surface area (Å²) in [7, 11) is 2.29. The van der Waals surface area contributed by atoms with Crippen LogP contribution in [0.15, 0.2) is 24.3 Å². The van der Waals surface area contributed by atoms with Crippen molar-refractivity contribution in [3.8, 4) is 0 Å². The van der Waals surface area contributed by atoms with E-state index in [9.17, 15) is 4.79 Å². The highest BCUT2D eigenvalue weighted by atomic mass is 16.1. The fraction of sp³-hybridized carbons (Fsp3) is 0.611. The van der Waals surface area contributed by atoms with Gasteiger partial charge in [-0.3, -0.25) is 0 Å². The molecule has 4 rings (SSSR count). The molecule has 1 aromatic carbocycles. The topological polar surface area (TPSA) is 20.3 Å². The molecule has 2 fully saturated rings. The van der Waals surface area contributed by atoms with Crippen LogP contribution in [0.3, 0.4) is 0 Å². The fourth-order valence-corrected chi connectivity index (χ4v) is 5.36.